The van der Waals surface area contributed by atoms with Crippen LogP contribution in [-0.2, 0) is 14.2 Å². The van der Waals surface area contributed by atoms with E-state index in [1.54, 1.807) is 30.3 Å². The van der Waals surface area contributed by atoms with Crippen LogP contribution >= 0.6 is 0 Å². The minimum absolute atomic E-state index is 0.101. The summed E-state index contributed by atoms with van der Waals surface area (Å²) < 4.78 is 17.4. The standard InChI is InChI=1S/C19H23N3O6/c1-19(25)15(27-3)13(11-26-2)28-17(19)22-10-9-14(21-18(22)24)20-16(23)12-7-5-4-6-8-12/h4-10,13,15,17,25H,11H2,1-3H3,(H,20,21,23,24)/t13-,15?,17-,19+/m1/s1. The van der Waals surface area contributed by atoms with Gasteiger partial charge in [0.05, 0.1) is 6.61 Å². The molecule has 2 aromatic rings. The maximum absolute atomic E-state index is 12.5. The Hall–Kier alpha value is -2.59. The van der Waals surface area contributed by atoms with Crippen molar-refractivity contribution in [2.45, 2.75) is 31.0 Å². The third-order valence-corrected chi connectivity index (χ3v) is 4.66. The Bertz CT molecular complexity index is 883. The van der Waals surface area contributed by atoms with Crippen molar-refractivity contribution in [3.05, 3.63) is 58.6 Å². The number of aromatic nitrogens is 2. The van der Waals surface area contributed by atoms with E-state index >= 15 is 0 Å². The summed E-state index contributed by atoms with van der Waals surface area (Å²) >= 11 is 0. The Kier molecular flexibility index (Phi) is 5.90. The molecule has 2 N–H and O–H groups in total. The molecule has 1 aromatic carbocycles. The van der Waals surface area contributed by atoms with Crippen LogP contribution in [0, 0.1) is 0 Å². The summed E-state index contributed by atoms with van der Waals surface area (Å²) in [5.41, 5.74) is -1.72. The Morgan fingerprint density at radius 1 is 1.32 bits per heavy atom. The van der Waals surface area contributed by atoms with E-state index in [1.807, 2.05) is 0 Å². The Morgan fingerprint density at radius 3 is 2.64 bits per heavy atom. The highest BCUT2D eigenvalue weighted by Crippen LogP contribution is 2.39. The van der Waals surface area contributed by atoms with Gasteiger partial charge in [-0.05, 0) is 25.1 Å². The van der Waals surface area contributed by atoms with Gasteiger partial charge in [-0.1, -0.05) is 18.2 Å². The summed E-state index contributed by atoms with van der Waals surface area (Å²) in [6, 6.07) is 10.0. The molecule has 150 valence electrons. The number of nitrogens with zero attached hydrogens (tertiary/aromatic N) is 2. The van der Waals surface area contributed by atoms with Crippen LogP contribution in [-0.4, -0.2) is 59.2 Å². The van der Waals surface area contributed by atoms with Crippen molar-refractivity contribution in [3.8, 4) is 0 Å². The molecule has 1 saturated heterocycles. The monoisotopic (exact) mass is 389 g/mol. The van der Waals surface area contributed by atoms with Gasteiger partial charge in [0.25, 0.3) is 5.91 Å². The van der Waals surface area contributed by atoms with E-state index in [-0.39, 0.29) is 18.3 Å². The molecule has 9 heteroatoms. The van der Waals surface area contributed by atoms with Gasteiger partial charge in [-0.25, -0.2) is 4.79 Å². The van der Waals surface area contributed by atoms with E-state index in [0.717, 1.165) is 0 Å². The predicted molar refractivity (Wildman–Crippen MR) is 100 cm³/mol. The van der Waals surface area contributed by atoms with Crippen molar-refractivity contribution in [3.63, 3.8) is 0 Å². The maximum Gasteiger partial charge on any atom is 0.351 e. The molecule has 0 bridgehead atoms. The number of carbonyl (C=O) groups excluding carboxylic acids is 1. The number of aliphatic hydroxyl groups is 1. The highest BCUT2D eigenvalue weighted by atomic mass is 16.6. The van der Waals surface area contributed by atoms with Crippen LogP contribution in [0.2, 0.25) is 0 Å². The van der Waals surface area contributed by atoms with Crippen LogP contribution in [0.25, 0.3) is 0 Å². The SMILES string of the molecule is COC[C@H]1O[C@@H](n2ccc(NC(=O)c3ccccc3)nc2=O)[C@@](C)(O)C1OC. The zero-order valence-corrected chi connectivity index (χ0v) is 15.9. The predicted octanol–water partition coefficient (Wildman–Crippen LogP) is 0.805. The van der Waals surface area contributed by atoms with Crippen LogP contribution in [0.3, 0.4) is 0 Å². The quantitative estimate of drug-likeness (QED) is 0.752. The Labute approximate surface area is 161 Å². The molecule has 1 aliphatic heterocycles. The molecule has 0 aliphatic carbocycles. The number of hydrogen-bond acceptors (Lipinski definition) is 7. The number of amides is 1. The second-order valence-corrected chi connectivity index (χ2v) is 6.69. The van der Waals surface area contributed by atoms with E-state index < -0.39 is 29.7 Å². The van der Waals surface area contributed by atoms with Crippen molar-refractivity contribution in [2.24, 2.45) is 0 Å². The van der Waals surface area contributed by atoms with E-state index in [1.165, 1.54) is 38.0 Å². The zero-order chi connectivity index (χ0) is 20.3. The van der Waals surface area contributed by atoms with Gasteiger partial charge in [0, 0.05) is 26.0 Å². The molecule has 4 atom stereocenters. The number of nitrogens with one attached hydrogen (secondary N) is 1. The lowest BCUT2D eigenvalue weighted by Gasteiger charge is -2.29. The fourth-order valence-corrected chi connectivity index (χ4v) is 3.36. The molecular formula is C19H23N3O6. The van der Waals surface area contributed by atoms with Gasteiger partial charge in [-0.2, -0.15) is 4.98 Å². The summed E-state index contributed by atoms with van der Waals surface area (Å²) in [5.74, 6) is -0.279. The molecule has 0 radical (unpaired) electrons. The van der Waals surface area contributed by atoms with E-state index in [9.17, 15) is 14.7 Å². The molecule has 1 fully saturated rings. The molecule has 1 aliphatic rings. The van der Waals surface area contributed by atoms with Crippen LogP contribution in [0.15, 0.2) is 47.4 Å². The van der Waals surface area contributed by atoms with Crippen LogP contribution in [0.4, 0.5) is 5.82 Å². The summed E-state index contributed by atoms with van der Waals surface area (Å²) in [5, 5.41) is 13.5. The lowest BCUT2D eigenvalue weighted by Crippen LogP contribution is -2.47. The molecule has 1 unspecified atom stereocenters. The van der Waals surface area contributed by atoms with Gasteiger partial charge in [0.2, 0.25) is 0 Å². The van der Waals surface area contributed by atoms with Crippen molar-refractivity contribution in [2.75, 3.05) is 26.1 Å². The van der Waals surface area contributed by atoms with E-state index in [0.29, 0.717) is 5.56 Å². The fraction of sp³-hybridized carbons (Fsp3) is 0.421. The number of benzene rings is 1. The minimum atomic E-state index is -1.49. The highest BCUT2D eigenvalue weighted by Gasteiger charge is 2.54. The first-order chi connectivity index (χ1) is 13.4. The van der Waals surface area contributed by atoms with Crippen LogP contribution in [0.5, 0.6) is 0 Å². The summed E-state index contributed by atoms with van der Waals surface area (Å²) in [6.45, 7) is 1.72. The lowest BCUT2D eigenvalue weighted by atomic mass is 9.96. The van der Waals surface area contributed by atoms with Gasteiger partial charge in [0.1, 0.15) is 23.6 Å². The number of anilines is 1. The van der Waals surface area contributed by atoms with E-state index in [2.05, 4.69) is 10.3 Å². The van der Waals surface area contributed by atoms with E-state index in [4.69, 9.17) is 14.2 Å². The van der Waals surface area contributed by atoms with Crippen LogP contribution in [0.1, 0.15) is 23.5 Å². The van der Waals surface area contributed by atoms with Gasteiger partial charge in [-0.15, -0.1) is 0 Å². The van der Waals surface area contributed by atoms with Crippen molar-refractivity contribution in [1.82, 2.24) is 9.55 Å². The molecule has 9 nitrogen and oxygen atoms in total. The number of hydrogen-bond donors (Lipinski definition) is 2. The summed E-state index contributed by atoms with van der Waals surface area (Å²) in [4.78, 5) is 28.6. The third-order valence-electron chi connectivity index (χ3n) is 4.66. The van der Waals surface area contributed by atoms with Crippen molar-refractivity contribution in [1.29, 1.82) is 0 Å². The molecule has 0 spiro atoms. The van der Waals surface area contributed by atoms with Crippen molar-refractivity contribution < 1.29 is 24.1 Å². The van der Waals surface area contributed by atoms with Gasteiger partial charge in [-0.3, -0.25) is 9.36 Å². The molecule has 1 aromatic heterocycles. The lowest BCUT2D eigenvalue weighted by molar-refractivity contribution is -0.104. The molecular weight excluding hydrogens is 366 g/mol. The second-order valence-electron chi connectivity index (χ2n) is 6.69. The number of methoxy groups -OCH3 is 2. The minimum Gasteiger partial charge on any atom is -0.383 e. The van der Waals surface area contributed by atoms with Crippen LogP contribution < -0.4 is 11.0 Å². The molecule has 28 heavy (non-hydrogen) atoms. The van der Waals surface area contributed by atoms with Gasteiger partial charge >= 0.3 is 5.69 Å². The Morgan fingerprint density at radius 2 is 2.04 bits per heavy atom. The molecule has 1 amide bonds. The molecule has 2 heterocycles. The smallest absolute Gasteiger partial charge is 0.351 e. The molecule has 3 rings (SSSR count). The number of carbonyl (C=O) groups is 1. The average Bonchev–Trinajstić information content (AvgIpc) is 2.92. The zero-order valence-electron chi connectivity index (χ0n) is 15.9. The van der Waals surface area contributed by atoms with Crippen molar-refractivity contribution >= 4 is 11.7 Å². The number of ether oxygens (including phenoxy) is 3. The average molecular weight is 389 g/mol. The second kappa shape index (κ2) is 8.19. The Balaban J connectivity index is 1.82. The first kappa shape index (κ1) is 20.2. The fourth-order valence-electron chi connectivity index (χ4n) is 3.36. The first-order valence-corrected chi connectivity index (χ1v) is 8.73. The highest BCUT2D eigenvalue weighted by molar-refractivity contribution is 6.03. The topological polar surface area (TPSA) is 112 Å². The number of rotatable bonds is 6. The normalized spacial score (nSPS) is 26.9. The largest absolute Gasteiger partial charge is 0.383 e. The summed E-state index contributed by atoms with van der Waals surface area (Å²) in [7, 11) is 2.97. The first-order valence-electron chi connectivity index (χ1n) is 8.73. The van der Waals surface area contributed by atoms with Gasteiger partial charge < -0.3 is 24.6 Å². The third kappa shape index (κ3) is 3.83. The summed E-state index contributed by atoms with van der Waals surface area (Å²) in [6.07, 6.45) is -0.852. The van der Waals surface area contributed by atoms with Gasteiger partial charge in [0.15, 0.2) is 6.23 Å². The molecule has 0 saturated carbocycles. The maximum atomic E-state index is 12.5.